The van der Waals surface area contributed by atoms with E-state index >= 15 is 0 Å². The lowest BCUT2D eigenvalue weighted by Crippen LogP contribution is -2.36. The lowest BCUT2D eigenvalue weighted by molar-refractivity contribution is -0.146. The molecular weight excluding hydrogens is 400 g/mol. The van der Waals surface area contributed by atoms with Crippen molar-refractivity contribution in [3.63, 3.8) is 0 Å². The number of nitrogens with one attached hydrogen (secondary N) is 2. The summed E-state index contributed by atoms with van der Waals surface area (Å²) in [6.07, 6.45) is 4.55. The highest BCUT2D eigenvalue weighted by molar-refractivity contribution is 7.16. The van der Waals surface area contributed by atoms with E-state index in [1.165, 1.54) is 11.3 Å². The molecule has 2 bridgehead atoms. The van der Waals surface area contributed by atoms with Gasteiger partial charge in [-0.3, -0.25) is 14.4 Å². The molecule has 0 aliphatic heterocycles. The van der Waals surface area contributed by atoms with E-state index in [4.69, 9.17) is 0 Å². The van der Waals surface area contributed by atoms with Gasteiger partial charge in [-0.25, -0.2) is 0 Å². The molecule has 0 radical (unpaired) electrons. The number of aliphatic carboxylic acids is 1. The molecule has 6 nitrogen and oxygen atoms in total. The van der Waals surface area contributed by atoms with E-state index in [2.05, 4.69) is 10.6 Å². The van der Waals surface area contributed by atoms with Crippen molar-refractivity contribution in [1.82, 2.24) is 0 Å². The number of rotatable bonds is 6. The van der Waals surface area contributed by atoms with Gasteiger partial charge in [0, 0.05) is 10.6 Å². The third kappa shape index (κ3) is 3.77. The summed E-state index contributed by atoms with van der Waals surface area (Å²) in [6.45, 7) is 4.05. The predicted octanol–water partition coefficient (Wildman–Crippen LogP) is 4.59. The molecule has 1 heterocycles. The summed E-state index contributed by atoms with van der Waals surface area (Å²) in [5.41, 5.74) is 1.06. The van der Waals surface area contributed by atoms with Crippen LogP contribution in [0.3, 0.4) is 0 Å². The van der Waals surface area contributed by atoms with Crippen LogP contribution in [0.25, 0.3) is 0 Å². The summed E-state index contributed by atoms with van der Waals surface area (Å²) < 4.78 is 0. The number of fused-ring (bicyclic) bond motifs is 2. The number of carboxylic acids is 1. The Morgan fingerprint density at radius 1 is 1.03 bits per heavy atom. The predicted molar refractivity (Wildman–Crippen MR) is 117 cm³/mol. The van der Waals surface area contributed by atoms with Crippen molar-refractivity contribution in [1.29, 1.82) is 0 Å². The van der Waals surface area contributed by atoms with E-state index in [1.807, 2.05) is 44.2 Å². The van der Waals surface area contributed by atoms with Crippen LogP contribution >= 0.6 is 11.3 Å². The Labute approximate surface area is 179 Å². The van der Waals surface area contributed by atoms with Gasteiger partial charge in [-0.15, -0.1) is 11.3 Å². The van der Waals surface area contributed by atoms with Gasteiger partial charge in [-0.2, -0.15) is 0 Å². The molecule has 1 saturated carbocycles. The second kappa shape index (κ2) is 8.07. The van der Waals surface area contributed by atoms with E-state index in [-0.39, 0.29) is 29.6 Å². The standard InChI is InChI=1S/C23H24N2O4S/c1-12(2)17-11-16(20(26)24-15-6-4-3-5-7-15)22(30-17)25-21(27)18-13-8-9-14(10-13)19(18)23(28)29/h3-9,11-14,18-19H,10H2,1-2H3,(H,24,26)(H,25,27)(H,28,29). The molecule has 1 aromatic carbocycles. The highest BCUT2D eigenvalue weighted by atomic mass is 32.1. The first kappa shape index (κ1) is 20.3. The van der Waals surface area contributed by atoms with Crippen LogP contribution in [0.4, 0.5) is 10.7 Å². The van der Waals surface area contributed by atoms with Gasteiger partial charge >= 0.3 is 5.97 Å². The average molecular weight is 425 g/mol. The maximum absolute atomic E-state index is 13.1. The van der Waals surface area contributed by atoms with Gasteiger partial charge in [0.05, 0.1) is 17.4 Å². The lowest BCUT2D eigenvalue weighted by atomic mass is 9.82. The van der Waals surface area contributed by atoms with Crippen LogP contribution in [-0.4, -0.2) is 22.9 Å². The molecule has 0 spiro atoms. The summed E-state index contributed by atoms with van der Waals surface area (Å²) in [5.74, 6) is -2.88. The monoisotopic (exact) mass is 424 g/mol. The van der Waals surface area contributed by atoms with E-state index in [0.29, 0.717) is 22.7 Å². The average Bonchev–Trinajstić information content (AvgIpc) is 3.42. The van der Waals surface area contributed by atoms with Crippen LogP contribution in [0.5, 0.6) is 0 Å². The van der Waals surface area contributed by atoms with Crippen LogP contribution in [0, 0.1) is 23.7 Å². The smallest absolute Gasteiger partial charge is 0.307 e. The van der Waals surface area contributed by atoms with Crippen molar-refractivity contribution in [3.8, 4) is 0 Å². The normalized spacial score (nSPS) is 24.2. The zero-order chi connectivity index (χ0) is 21.4. The van der Waals surface area contributed by atoms with Crippen LogP contribution in [0.2, 0.25) is 0 Å². The minimum Gasteiger partial charge on any atom is -0.481 e. The number of benzene rings is 1. The lowest BCUT2D eigenvalue weighted by Gasteiger charge is -2.23. The number of amides is 2. The molecule has 0 saturated heterocycles. The number of hydrogen-bond acceptors (Lipinski definition) is 4. The Balaban J connectivity index is 1.59. The summed E-state index contributed by atoms with van der Waals surface area (Å²) in [5, 5.41) is 15.8. The van der Waals surface area contributed by atoms with Crippen molar-refractivity contribution in [2.75, 3.05) is 10.6 Å². The zero-order valence-electron chi connectivity index (χ0n) is 16.8. The molecule has 3 N–H and O–H groups in total. The zero-order valence-corrected chi connectivity index (χ0v) is 17.6. The Bertz CT molecular complexity index is 1010. The van der Waals surface area contributed by atoms with Crippen molar-refractivity contribution in [2.24, 2.45) is 23.7 Å². The molecule has 2 aliphatic carbocycles. The number of allylic oxidation sites excluding steroid dienone is 2. The minimum absolute atomic E-state index is 0.0674. The highest BCUT2D eigenvalue weighted by Crippen LogP contribution is 2.48. The quantitative estimate of drug-likeness (QED) is 0.591. The molecule has 2 aliphatic rings. The highest BCUT2D eigenvalue weighted by Gasteiger charge is 2.51. The Morgan fingerprint density at radius 2 is 1.70 bits per heavy atom. The second-order valence-corrected chi connectivity index (χ2v) is 9.28. The molecule has 4 unspecified atom stereocenters. The van der Waals surface area contributed by atoms with E-state index in [0.717, 1.165) is 4.88 Å². The SMILES string of the molecule is CC(C)c1cc(C(=O)Nc2ccccc2)c(NC(=O)C2C3C=CC(C3)C2C(=O)O)s1. The van der Waals surface area contributed by atoms with Gasteiger partial charge in [-0.05, 0) is 42.4 Å². The Kier molecular flexibility index (Phi) is 5.47. The Morgan fingerprint density at radius 3 is 2.33 bits per heavy atom. The van der Waals surface area contributed by atoms with Gasteiger partial charge in [0.2, 0.25) is 5.91 Å². The molecule has 7 heteroatoms. The molecule has 156 valence electrons. The number of thiophene rings is 1. The van der Waals surface area contributed by atoms with Crippen LogP contribution in [-0.2, 0) is 9.59 Å². The molecule has 1 fully saturated rings. The first-order chi connectivity index (χ1) is 14.3. The maximum Gasteiger partial charge on any atom is 0.307 e. The number of carbonyl (C=O) groups excluding carboxylic acids is 2. The van der Waals surface area contributed by atoms with Crippen molar-refractivity contribution in [2.45, 2.75) is 26.2 Å². The number of carbonyl (C=O) groups is 3. The molecule has 4 rings (SSSR count). The number of anilines is 2. The summed E-state index contributed by atoms with van der Waals surface area (Å²) in [4.78, 5) is 38.7. The number of hydrogen-bond donors (Lipinski definition) is 3. The van der Waals surface area contributed by atoms with E-state index in [9.17, 15) is 19.5 Å². The molecule has 4 atom stereocenters. The third-order valence-electron chi connectivity index (χ3n) is 5.88. The van der Waals surface area contributed by atoms with Crippen LogP contribution in [0.15, 0.2) is 48.6 Å². The molecule has 2 amide bonds. The first-order valence-corrected chi connectivity index (χ1v) is 10.9. The second-order valence-electron chi connectivity index (χ2n) is 8.19. The van der Waals surface area contributed by atoms with Gasteiger partial charge in [-0.1, -0.05) is 44.2 Å². The van der Waals surface area contributed by atoms with Gasteiger partial charge in [0.15, 0.2) is 0 Å². The van der Waals surface area contributed by atoms with Crippen molar-refractivity contribution >= 4 is 39.8 Å². The van der Waals surface area contributed by atoms with Gasteiger partial charge in [0.25, 0.3) is 5.91 Å². The molecule has 1 aromatic heterocycles. The molecule has 2 aromatic rings. The minimum atomic E-state index is -0.942. The number of para-hydroxylation sites is 1. The van der Waals surface area contributed by atoms with Crippen molar-refractivity contribution < 1.29 is 19.5 Å². The van der Waals surface area contributed by atoms with Gasteiger partial charge < -0.3 is 15.7 Å². The summed E-state index contributed by atoms with van der Waals surface area (Å²) >= 11 is 1.37. The van der Waals surface area contributed by atoms with Gasteiger partial charge in [0.1, 0.15) is 5.00 Å². The first-order valence-electron chi connectivity index (χ1n) is 10.1. The largest absolute Gasteiger partial charge is 0.481 e. The maximum atomic E-state index is 13.1. The summed E-state index contributed by atoms with van der Waals surface area (Å²) in [6, 6.07) is 10.9. The fourth-order valence-corrected chi connectivity index (χ4v) is 5.45. The van der Waals surface area contributed by atoms with Crippen LogP contribution in [0.1, 0.15) is 41.4 Å². The fourth-order valence-electron chi connectivity index (χ4n) is 4.39. The van der Waals surface area contributed by atoms with Crippen molar-refractivity contribution in [3.05, 3.63) is 59.0 Å². The van der Waals surface area contributed by atoms with E-state index < -0.39 is 17.8 Å². The topological polar surface area (TPSA) is 95.5 Å². The van der Waals surface area contributed by atoms with E-state index in [1.54, 1.807) is 18.2 Å². The molecular formula is C23H24N2O4S. The van der Waals surface area contributed by atoms with Crippen LogP contribution < -0.4 is 10.6 Å². The fraction of sp³-hybridized carbons (Fsp3) is 0.348. The number of carboxylic acid groups (broad SMARTS) is 1. The Hall–Kier alpha value is -2.93. The third-order valence-corrected chi connectivity index (χ3v) is 7.23. The molecule has 30 heavy (non-hydrogen) atoms. The summed E-state index contributed by atoms with van der Waals surface area (Å²) in [7, 11) is 0.